The number of amides is 1. The molecule has 1 fully saturated rings. The van der Waals surface area contributed by atoms with E-state index in [1.54, 1.807) is 14.2 Å². The first-order valence-electron chi connectivity index (χ1n) is 12.0. The fourth-order valence-electron chi connectivity index (χ4n) is 3.25. The van der Waals surface area contributed by atoms with Crippen LogP contribution in [0.4, 0.5) is 0 Å². The highest BCUT2D eigenvalue weighted by Gasteiger charge is 2.30. The molecular formula is C27H44N2O5S. The van der Waals surface area contributed by atoms with Crippen LogP contribution in [-0.2, 0) is 26.1 Å². The van der Waals surface area contributed by atoms with Crippen molar-refractivity contribution in [1.29, 1.82) is 0 Å². The van der Waals surface area contributed by atoms with Gasteiger partial charge in [-0.1, -0.05) is 86.5 Å². The van der Waals surface area contributed by atoms with Gasteiger partial charge in [-0.05, 0) is 12.5 Å². The zero-order valence-corrected chi connectivity index (χ0v) is 23.1. The maximum atomic E-state index is 12.4. The van der Waals surface area contributed by atoms with E-state index in [2.05, 4.69) is 18.6 Å². The van der Waals surface area contributed by atoms with Gasteiger partial charge in [-0.15, -0.1) is 0 Å². The van der Waals surface area contributed by atoms with Crippen molar-refractivity contribution in [2.24, 2.45) is 0 Å². The number of ether oxygens (including phenoxy) is 1. The van der Waals surface area contributed by atoms with Gasteiger partial charge in [0.2, 0.25) is 5.91 Å². The van der Waals surface area contributed by atoms with E-state index in [0.29, 0.717) is 43.6 Å². The monoisotopic (exact) mass is 508 g/mol. The van der Waals surface area contributed by atoms with Crippen LogP contribution in [0.5, 0.6) is 0 Å². The maximum Gasteiger partial charge on any atom is 0.227 e. The van der Waals surface area contributed by atoms with Crippen molar-refractivity contribution in [3.8, 4) is 0 Å². The number of nitrogens with zero attached hydrogens (tertiary/aromatic N) is 2. The molecule has 0 saturated carbocycles. The molecule has 1 aliphatic heterocycles. The van der Waals surface area contributed by atoms with E-state index in [1.165, 1.54) is 6.42 Å². The van der Waals surface area contributed by atoms with Gasteiger partial charge in [0.1, 0.15) is 10.1 Å². The van der Waals surface area contributed by atoms with Gasteiger partial charge in [0, 0.05) is 14.2 Å². The van der Waals surface area contributed by atoms with Gasteiger partial charge in [0.15, 0.2) is 0 Å². The average Bonchev–Trinajstić information content (AvgIpc) is 2.81. The highest BCUT2D eigenvalue weighted by molar-refractivity contribution is 7.85. The lowest BCUT2D eigenvalue weighted by Gasteiger charge is -2.42. The summed E-state index contributed by atoms with van der Waals surface area (Å²) in [6.07, 6.45) is 1.64. The molecule has 2 aromatic rings. The van der Waals surface area contributed by atoms with Gasteiger partial charge in [-0.3, -0.25) is 4.79 Å². The molecule has 3 rings (SSSR count). The Hall–Kier alpha value is -2.26. The summed E-state index contributed by atoms with van der Waals surface area (Å²) in [6, 6.07) is 19.9. The average molecular weight is 509 g/mol. The number of piperazine rings is 1. The van der Waals surface area contributed by atoms with Crippen molar-refractivity contribution in [2.75, 3.05) is 59.7 Å². The number of methoxy groups -OCH3 is 1. The van der Waals surface area contributed by atoms with Crippen molar-refractivity contribution in [2.45, 2.75) is 33.6 Å². The Morgan fingerprint density at radius 2 is 1.46 bits per heavy atom. The summed E-state index contributed by atoms with van der Waals surface area (Å²) in [5, 5.41) is 0. The topological polar surface area (TPSA) is 86.7 Å². The quantitative estimate of drug-likeness (QED) is 0.454. The molecule has 8 heteroatoms. The number of carbonyl (C=O) groups excluding carboxylic acids is 1. The Bertz CT molecular complexity index is 883. The largest absolute Gasteiger partial charge is 0.748 e. The van der Waals surface area contributed by atoms with Crippen molar-refractivity contribution < 1.29 is 27.0 Å². The summed E-state index contributed by atoms with van der Waals surface area (Å²) in [5.41, 5.74) is 2.15. The molecular weight excluding hydrogens is 464 g/mol. The van der Waals surface area contributed by atoms with Crippen LogP contribution in [0.25, 0.3) is 0 Å². The zero-order valence-electron chi connectivity index (χ0n) is 22.3. The zero-order chi connectivity index (χ0) is 26.7. The summed E-state index contributed by atoms with van der Waals surface area (Å²) in [7, 11) is 1.01. The lowest BCUT2D eigenvalue weighted by molar-refractivity contribution is -0.910. The molecule has 1 aliphatic rings. The van der Waals surface area contributed by atoms with Crippen molar-refractivity contribution in [3.05, 3.63) is 71.8 Å². The second-order valence-electron chi connectivity index (χ2n) is 8.87. The first kappa shape index (κ1) is 32.7. The van der Waals surface area contributed by atoms with Crippen molar-refractivity contribution >= 4 is 16.0 Å². The van der Waals surface area contributed by atoms with E-state index < -0.39 is 10.1 Å². The normalized spacial score (nSPS) is 14.2. The summed E-state index contributed by atoms with van der Waals surface area (Å²) >= 11 is 0. The Labute approximate surface area is 213 Å². The Balaban J connectivity index is 0.000000793. The number of benzene rings is 2. The molecule has 0 spiro atoms. The number of hydrogen-bond acceptors (Lipinski definition) is 5. The molecule has 1 saturated heterocycles. The van der Waals surface area contributed by atoms with E-state index in [1.807, 2.05) is 79.5 Å². The third-order valence-corrected chi connectivity index (χ3v) is 5.84. The third-order valence-electron chi connectivity index (χ3n) is 5.16. The van der Waals surface area contributed by atoms with Gasteiger partial charge in [-0.2, -0.15) is 0 Å². The lowest BCUT2D eigenvalue weighted by Crippen LogP contribution is -2.59. The van der Waals surface area contributed by atoms with Crippen LogP contribution < -0.4 is 0 Å². The van der Waals surface area contributed by atoms with Crippen LogP contribution >= 0.6 is 0 Å². The highest BCUT2D eigenvalue weighted by atomic mass is 32.2. The first-order valence-corrected chi connectivity index (χ1v) is 13.6. The van der Waals surface area contributed by atoms with E-state index in [0.717, 1.165) is 11.1 Å². The number of carbonyl (C=O) groups is 1. The molecule has 0 unspecified atom stereocenters. The van der Waals surface area contributed by atoms with Crippen molar-refractivity contribution in [3.63, 3.8) is 0 Å². The molecule has 198 valence electrons. The predicted molar refractivity (Wildman–Crippen MR) is 142 cm³/mol. The van der Waals surface area contributed by atoms with E-state index >= 15 is 0 Å². The Morgan fingerprint density at radius 3 is 1.86 bits per heavy atom. The van der Waals surface area contributed by atoms with E-state index in [4.69, 9.17) is 0 Å². The molecule has 1 heterocycles. The first-order chi connectivity index (χ1) is 16.5. The fourth-order valence-corrected chi connectivity index (χ4v) is 3.91. The summed E-state index contributed by atoms with van der Waals surface area (Å²) in [5.74, 6) is -0.251. The lowest BCUT2D eigenvalue weighted by atomic mass is 10.1. The molecule has 0 bridgehead atoms. The van der Waals surface area contributed by atoms with Crippen LogP contribution in [0.15, 0.2) is 60.7 Å². The predicted octanol–water partition coefficient (Wildman–Crippen LogP) is 3.74. The van der Waals surface area contributed by atoms with Gasteiger partial charge in [-0.25, -0.2) is 8.42 Å². The molecule has 0 atom stereocenters. The van der Waals surface area contributed by atoms with E-state index in [9.17, 15) is 17.8 Å². The Kier molecular flexibility index (Phi) is 16.9. The molecule has 1 amide bonds. The number of quaternary nitrogens is 1. The molecule has 35 heavy (non-hydrogen) atoms. The van der Waals surface area contributed by atoms with Crippen LogP contribution in [0, 0.1) is 6.92 Å². The molecule has 7 nitrogen and oxygen atoms in total. The fraction of sp³-hybridized carbons (Fsp3) is 0.519. The minimum absolute atomic E-state index is 0.0956. The second-order valence-corrected chi connectivity index (χ2v) is 10.4. The van der Waals surface area contributed by atoms with E-state index in [-0.39, 0.29) is 11.7 Å². The van der Waals surface area contributed by atoms with Gasteiger partial charge >= 0.3 is 0 Å². The number of likely N-dealkylation sites (N-methyl/N-ethyl adjacent to an activating group) is 1. The van der Waals surface area contributed by atoms with Crippen molar-refractivity contribution in [1.82, 2.24) is 4.90 Å². The van der Waals surface area contributed by atoms with Crippen LogP contribution in [0.2, 0.25) is 0 Å². The minimum Gasteiger partial charge on any atom is -0.748 e. The van der Waals surface area contributed by atoms with Gasteiger partial charge < -0.3 is 18.7 Å². The standard InChI is InChI=1S/C16H24N2O4S.C6H6.C3H8.C2H6O/c1-14-4-3-5-15(12-14)13-16(19)17-6-8-18(2,9-7-17)10-11-23(20,21)22;1-2-4-6-5-3-1;2*1-3-2/h3-5,12H,6-11,13H2,1-2H3;1-6H;3H2,1-2H3;1-2H3. The number of rotatable bonds is 5. The SMILES string of the molecule is CCC.COC.Cc1cccc(CC(=O)N2CC[N+](C)(CCS(=O)(=O)[O-])CC2)c1.c1ccccc1. The third kappa shape index (κ3) is 16.9. The maximum absolute atomic E-state index is 12.4. The molecule has 0 aliphatic carbocycles. The van der Waals surface area contributed by atoms with Crippen LogP contribution in [-0.4, -0.2) is 88.0 Å². The molecule has 0 radical (unpaired) electrons. The van der Waals surface area contributed by atoms with Gasteiger partial charge in [0.05, 0.1) is 51.9 Å². The summed E-state index contributed by atoms with van der Waals surface area (Å²) in [6.45, 7) is 9.11. The number of hydrogen-bond donors (Lipinski definition) is 0. The summed E-state index contributed by atoms with van der Waals surface area (Å²) < 4.78 is 37.1. The molecule has 2 aromatic carbocycles. The smallest absolute Gasteiger partial charge is 0.227 e. The highest BCUT2D eigenvalue weighted by Crippen LogP contribution is 2.13. The van der Waals surface area contributed by atoms with Crippen LogP contribution in [0.1, 0.15) is 31.4 Å². The molecule has 0 N–H and O–H groups in total. The Morgan fingerprint density at radius 1 is 1.00 bits per heavy atom. The molecule has 0 aromatic heterocycles. The van der Waals surface area contributed by atoms with Gasteiger partial charge in [0.25, 0.3) is 0 Å². The second kappa shape index (κ2) is 18.1. The minimum atomic E-state index is -4.18. The summed E-state index contributed by atoms with van der Waals surface area (Å²) in [4.78, 5) is 14.2. The number of aryl methyl sites for hydroxylation is 1. The van der Waals surface area contributed by atoms with Crippen LogP contribution in [0.3, 0.4) is 0 Å².